The zero-order chi connectivity index (χ0) is 15.9. The van der Waals surface area contributed by atoms with Crippen molar-refractivity contribution in [3.05, 3.63) is 58.6 Å². The van der Waals surface area contributed by atoms with E-state index in [-0.39, 0.29) is 0 Å². The lowest BCUT2D eigenvalue weighted by atomic mass is 10.2. The van der Waals surface area contributed by atoms with Gasteiger partial charge in [0.05, 0.1) is 13.2 Å². The van der Waals surface area contributed by atoms with Crippen LogP contribution in [0.4, 0.5) is 5.69 Å². The molecule has 0 radical (unpaired) electrons. The van der Waals surface area contributed by atoms with E-state index in [2.05, 4.69) is 10.3 Å². The molecule has 0 fully saturated rings. The molecule has 2 aromatic carbocycles. The second-order valence-electron chi connectivity index (χ2n) is 4.88. The van der Waals surface area contributed by atoms with E-state index in [1.165, 1.54) is 5.56 Å². The van der Waals surface area contributed by atoms with E-state index >= 15 is 0 Å². The first-order chi connectivity index (χ1) is 10.6. The summed E-state index contributed by atoms with van der Waals surface area (Å²) in [6.07, 6.45) is 0. The topological polar surface area (TPSA) is 59.6 Å². The molecule has 0 aliphatic heterocycles. The number of aryl methyl sites for hydroxylation is 1. The molecule has 0 atom stereocenters. The van der Waals surface area contributed by atoms with Gasteiger partial charge in [0.15, 0.2) is 5.96 Å². The number of nitrogens with zero attached hydrogens (tertiary/aromatic N) is 1. The third-order valence-electron chi connectivity index (χ3n) is 3.07. The largest absolute Gasteiger partial charge is 0.493 e. The molecular formula is C17H20ClN3O. The van der Waals surface area contributed by atoms with Crippen molar-refractivity contribution in [1.29, 1.82) is 0 Å². The van der Waals surface area contributed by atoms with Crippen molar-refractivity contribution in [2.75, 3.05) is 11.9 Å². The number of halogens is 1. The van der Waals surface area contributed by atoms with Crippen LogP contribution in [0.15, 0.2) is 47.5 Å². The number of nitrogens with two attached hydrogens (primary N) is 1. The molecule has 0 bridgehead atoms. The van der Waals surface area contributed by atoms with Gasteiger partial charge in [-0.1, -0.05) is 35.4 Å². The maximum absolute atomic E-state index is 5.98. The third-order valence-corrected chi connectivity index (χ3v) is 3.31. The average molecular weight is 318 g/mol. The summed E-state index contributed by atoms with van der Waals surface area (Å²) in [5.41, 5.74) is 8.97. The van der Waals surface area contributed by atoms with Gasteiger partial charge < -0.3 is 15.8 Å². The molecular weight excluding hydrogens is 298 g/mol. The highest BCUT2D eigenvalue weighted by atomic mass is 35.5. The van der Waals surface area contributed by atoms with Crippen molar-refractivity contribution in [2.45, 2.75) is 20.4 Å². The lowest BCUT2D eigenvalue weighted by molar-refractivity contribution is 0.336. The molecule has 0 amide bonds. The number of anilines is 1. The maximum atomic E-state index is 5.98. The first kappa shape index (κ1) is 16.2. The van der Waals surface area contributed by atoms with Crippen LogP contribution in [0.25, 0.3) is 0 Å². The SMILES string of the molecule is CCOc1cc(Cl)ccc1CN=C(N)Nc1ccc(C)cc1. The molecule has 0 unspecified atom stereocenters. The van der Waals surface area contributed by atoms with Gasteiger partial charge in [0.25, 0.3) is 0 Å². The zero-order valence-corrected chi connectivity index (χ0v) is 13.5. The Hall–Kier alpha value is -2.20. The number of nitrogens with one attached hydrogen (secondary N) is 1. The molecule has 0 aliphatic carbocycles. The summed E-state index contributed by atoms with van der Waals surface area (Å²) in [7, 11) is 0. The van der Waals surface area contributed by atoms with Crippen LogP contribution in [-0.2, 0) is 6.54 Å². The lowest BCUT2D eigenvalue weighted by Gasteiger charge is -2.10. The number of aliphatic imine (C=N–C) groups is 1. The number of guanidine groups is 1. The Balaban J connectivity index is 2.05. The third kappa shape index (κ3) is 4.67. The van der Waals surface area contributed by atoms with E-state index in [0.717, 1.165) is 17.0 Å². The van der Waals surface area contributed by atoms with Crippen LogP contribution in [-0.4, -0.2) is 12.6 Å². The van der Waals surface area contributed by atoms with E-state index in [0.29, 0.717) is 24.1 Å². The summed E-state index contributed by atoms with van der Waals surface area (Å²) in [5, 5.41) is 3.70. The molecule has 0 saturated carbocycles. The first-order valence-corrected chi connectivity index (χ1v) is 7.51. The Morgan fingerprint density at radius 1 is 1.23 bits per heavy atom. The Kier molecular flexibility index (Phi) is 5.67. The second kappa shape index (κ2) is 7.71. The monoisotopic (exact) mass is 317 g/mol. The van der Waals surface area contributed by atoms with Crippen molar-refractivity contribution in [3.8, 4) is 5.75 Å². The fourth-order valence-corrected chi connectivity index (χ4v) is 2.11. The Bertz CT molecular complexity index is 653. The minimum atomic E-state index is 0.362. The number of hydrogen-bond acceptors (Lipinski definition) is 2. The van der Waals surface area contributed by atoms with Gasteiger partial charge in [0.2, 0.25) is 0 Å². The molecule has 0 saturated heterocycles. The highest BCUT2D eigenvalue weighted by Gasteiger charge is 2.04. The number of benzene rings is 2. The van der Waals surface area contributed by atoms with Gasteiger partial charge in [-0.15, -0.1) is 0 Å². The normalized spacial score (nSPS) is 11.3. The molecule has 3 N–H and O–H groups in total. The summed E-state index contributed by atoms with van der Waals surface area (Å²) >= 11 is 5.98. The molecule has 5 heteroatoms. The summed E-state index contributed by atoms with van der Waals surface area (Å²) < 4.78 is 5.57. The van der Waals surface area contributed by atoms with Gasteiger partial charge in [0, 0.05) is 16.3 Å². The van der Waals surface area contributed by atoms with E-state index < -0.39 is 0 Å². The number of hydrogen-bond donors (Lipinski definition) is 2. The molecule has 2 aromatic rings. The van der Waals surface area contributed by atoms with Crippen molar-refractivity contribution in [1.82, 2.24) is 0 Å². The molecule has 0 aromatic heterocycles. The summed E-state index contributed by atoms with van der Waals surface area (Å²) in [5.74, 6) is 1.10. The van der Waals surface area contributed by atoms with Gasteiger partial charge in [-0.2, -0.15) is 0 Å². The van der Waals surface area contributed by atoms with E-state index in [4.69, 9.17) is 22.1 Å². The summed E-state index contributed by atoms with van der Waals surface area (Å²) in [6.45, 7) is 4.98. The van der Waals surface area contributed by atoms with Gasteiger partial charge >= 0.3 is 0 Å². The quantitative estimate of drug-likeness (QED) is 0.648. The van der Waals surface area contributed by atoms with Gasteiger partial charge in [-0.05, 0) is 38.1 Å². The number of ether oxygens (including phenoxy) is 1. The molecule has 0 aliphatic rings. The van der Waals surface area contributed by atoms with Crippen LogP contribution >= 0.6 is 11.6 Å². The molecule has 0 heterocycles. The fourth-order valence-electron chi connectivity index (χ4n) is 1.94. The van der Waals surface area contributed by atoms with Crippen LogP contribution in [0.2, 0.25) is 5.02 Å². The van der Waals surface area contributed by atoms with Gasteiger partial charge in [-0.25, -0.2) is 4.99 Å². The smallest absolute Gasteiger partial charge is 0.193 e. The van der Waals surface area contributed by atoms with Crippen molar-refractivity contribution in [2.24, 2.45) is 10.7 Å². The second-order valence-corrected chi connectivity index (χ2v) is 5.31. The minimum Gasteiger partial charge on any atom is -0.493 e. The maximum Gasteiger partial charge on any atom is 0.193 e. The number of rotatable bonds is 5. The van der Waals surface area contributed by atoms with E-state index in [1.807, 2.05) is 50.2 Å². The summed E-state index contributed by atoms with van der Waals surface area (Å²) in [4.78, 5) is 4.34. The van der Waals surface area contributed by atoms with Crippen LogP contribution in [0.1, 0.15) is 18.1 Å². The zero-order valence-electron chi connectivity index (χ0n) is 12.8. The fraction of sp³-hybridized carbons (Fsp3) is 0.235. The predicted molar refractivity (Wildman–Crippen MR) is 92.7 cm³/mol. The molecule has 22 heavy (non-hydrogen) atoms. The standard InChI is InChI=1S/C17H20ClN3O/c1-3-22-16-10-14(18)7-6-13(16)11-20-17(19)21-15-8-4-12(2)5-9-15/h4-10H,3,11H2,1-2H3,(H3,19,20,21). The Morgan fingerprint density at radius 2 is 1.95 bits per heavy atom. The molecule has 116 valence electrons. The van der Waals surface area contributed by atoms with E-state index in [9.17, 15) is 0 Å². The van der Waals surface area contributed by atoms with E-state index in [1.54, 1.807) is 6.07 Å². The first-order valence-electron chi connectivity index (χ1n) is 7.13. The molecule has 0 spiro atoms. The van der Waals surface area contributed by atoms with Crippen LogP contribution in [0.5, 0.6) is 5.75 Å². The van der Waals surface area contributed by atoms with Crippen molar-refractivity contribution >= 4 is 23.2 Å². The van der Waals surface area contributed by atoms with Crippen molar-refractivity contribution in [3.63, 3.8) is 0 Å². The lowest BCUT2D eigenvalue weighted by Crippen LogP contribution is -2.22. The molecule has 4 nitrogen and oxygen atoms in total. The Labute approximate surface area is 136 Å². The minimum absolute atomic E-state index is 0.362. The molecule has 2 rings (SSSR count). The average Bonchev–Trinajstić information content (AvgIpc) is 2.49. The predicted octanol–water partition coefficient (Wildman–Crippen LogP) is 3.97. The van der Waals surface area contributed by atoms with Crippen LogP contribution < -0.4 is 15.8 Å². The summed E-state index contributed by atoms with van der Waals surface area (Å²) in [6, 6.07) is 13.5. The van der Waals surface area contributed by atoms with Gasteiger partial charge in [0.1, 0.15) is 5.75 Å². The van der Waals surface area contributed by atoms with Crippen molar-refractivity contribution < 1.29 is 4.74 Å². The highest BCUT2D eigenvalue weighted by molar-refractivity contribution is 6.30. The van der Waals surface area contributed by atoms with Crippen LogP contribution in [0, 0.1) is 6.92 Å². The van der Waals surface area contributed by atoms with Crippen LogP contribution in [0.3, 0.4) is 0 Å². The van der Waals surface area contributed by atoms with Gasteiger partial charge in [-0.3, -0.25) is 0 Å². The highest BCUT2D eigenvalue weighted by Crippen LogP contribution is 2.24. The Morgan fingerprint density at radius 3 is 2.64 bits per heavy atom.